The third-order valence-electron chi connectivity index (χ3n) is 13.2. The zero-order valence-electron chi connectivity index (χ0n) is 39.6. The van der Waals surface area contributed by atoms with Crippen molar-refractivity contribution in [2.45, 2.75) is 98.0 Å². The highest BCUT2D eigenvalue weighted by Crippen LogP contribution is 2.41. The molecule has 0 spiro atoms. The molecule has 3 aliphatic rings. The predicted molar refractivity (Wildman–Crippen MR) is 252 cm³/mol. The van der Waals surface area contributed by atoms with Crippen molar-refractivity contribution in [3.63, 3.8) is 0 Å². The number of likely N-dealkylation sites (tertiary alicyclic amines) is 1. The maximum absolute atomic E-state index is 14.7. The van der Waals surface area contributed by atoms with Crippen LogP contribution >= 0.6 is 0 Å². The Bertz CT molecular complexity index is 2630. The summed E-state index contributed by atoms with van der Waals surface area (Å²) in [5.74, 6) is -3.01. The van der Waals surface area contributed by atoms with Crippen LogP contribution < -0.4 is 10.7 Å². The summed E-state index contributed by atoms with van der Waals surface area (Å²) in [5, 5.41) is 26.6. The average Bonchev–Trinajstić information content (AvgIpc) is 3.92. The Morgan fingerprint density at radius 1 is 1.13 bits per heavy atom. The Labute approximate surface area is 391 Å². The number of carbonyl (C=O) groups excluding carboxylic acids is 5. The summed E-state index contributed by atoms with van der Waals surface area (Å²) in [4.78, 5) is 77.0. The number of rotatable bonds is 10. The van der Waals surface area contributed by atoms with Gasteiger partial charge in [-0.25, -0.2) is 5.43 Å². The van der Waals surface area contributed by atoms with Gasteiger partial charge in [0.1, 0.15) is 29.9 Å². The van der Waals surface area contributed by atoms with Gasteiger partial charge in [-0.15, -0.1) is 0 Å². The number of aromatic hydroxyl groups is 1. The molecule has 2 aromatic carbocycles. The van der Waals surface area contributed by atoms with Crippen LogP contribution in [0.2, 0.25) is 0 Å². The Morgan fingerprint density at radius 2 is 1.91 bits per heavy atom. The second-order valence-electron chi connectivity index (χ2n) is 19.1. The zero-order chi connectivity index (χ0) is 48.3. The fraction of sp³-hybridized carbons (Fsp3) is 0.471. The normalized spacial score (nSPS) is 20.2. The lowest BCUT2D eigenvalue weighted by Crippen LogP contribution is -2.62. The van der Waals surface area contributed by atoms with Gasteiger partial charge in [-0.2, -0.15) is 5.26 Å². The first-order valence-corrected chi connectivity index (χ1v) is 23.1. The lowest BCUT2D eigenvalue weighted by atomic mass is 9.84. The van der Waals surface area contributed by atoms with Crippen LogP contribution in [-0.4, -0.2) is 118 Å². The van der Waals surface area contributed by atoms with Crippen molar-refractivity contribution in [3.05, 3.63) is 83.7 Å². The van der Waals surface area contributed by atoms with E-state index in [1.54, 1.807) is 37.4 Å². The number of benzene rings is 2. The van der Waals surface area contributed by atoms with Gasteiger partial charge in [0.25, 0.3) is 5.91 Å². The molecule has 16 nitrogen and oxygen atoms in total. The molecular weight excluding hydrogens is 853 g/mol. The number of fused-ring (bicyclic) bond motifs is 6. The summed E-state index contributed by atoms with van der Waals surface area (Å²) in [6, 6.07) is 12.3. The number of nitriles is 1. The summed E-state index contributed by atoms with van der Waals surface area (Å²) in [6.45, 7) is 15.1. The van der Waals surface area contributed by atoms with E-state index in [0.717, 1.165) is 33.3 Å². The smallest absolute Gasteiger partial charge is 0.324 e. The van der Waals surface area contributed by atoms with Crippen LogP contribution in [0.15, 0.2) is 61.3 Å². The summed E-state index contributed by atoms with van der Waals surface area (Å²) in [5.41, 5.74) is 9.10. The number of aromatic nitrogens is 2. The van der Waals surface area contributed by atoms with Crippen molar-refractivity contribution in [3.8, 4) is 34.2 Å². The summed E-state index contributed by atoms with van der Waals surface area (Å²) in [7, 11) is 3.17. The molecule has 16 heteroatoms. The molecule has 4 atom stereocenters. The van der Waals surface area contributed by atoms with Crippen molar-refractivity contribution in [1.29, 1.82) is 5.26 Å². The summed E-state index contributed by atoms with van der Waals surface area (Å²) in [6.07, 6.45) is 4.53. The van der Waals surface area contributed by atoms with Gasteiger partial charge in [-0.05, 0) is 97.2 Å². The topological polar surface area (TPSA) is 199 Å². The highest BCUT2D eigenvalue weighted by Gasteiger charge is 2.40. The number of hydrogen-bond donors (Lipinski definition) is 3. The molecule has 0 radical (unpaired) electrons. The van der Waals surface area contributed by atoms with Crippen molar-refractivity contribution >= 4 is 40.5 Å². The number of hydrogen-bond acceptors (Lipinski definition) is 11. The van der Waals surface area contributed by atoms with Gasteiger partial charge >= 0.3 is 5.97 Å². The Hall–Kier alpha value is -6.57. The molecule has 2 saturated heterocycles. The second-order valence-corrected chi connectivity index (χ2v) is 19.1. The molecule has 4 amide bonds. The molecular formula is C51H62N8O8. The van der Waals surface area contributed by atoms with Gasteiger partial charge in [0.2, 0.25) is 17.7 Å². The number of nitrogens with zero attached hydrogens (tertiary/aromatic N) is 6. The van der Waals surface area contributed by atoms with Crippen molar-refractivity contribution in [1.82, 2.24) is 35.1 Å². The second kappa shape index (κ2) is 20.1. The van der Waals surface area contributed by atoms with Crippen LogP contribution in [0.5, 0.6) is 5.75 Å². The first kappa shape index (κ1) is 48.4. The van der Waals surface area contributed by atoms with Crippen LogP contribution in [0, 0.1) is 28.6 Å². The molecule has 3 aliphatic heterocycles. The number of phenolic OH excluding ortho intramolecular Hbond substituents is 1. The molecule has 2 aromatic heterocycles. The molecule has 354 valence electrons. The number of esters is 1. The number of likely N-dealkylation sites (N-methyl/N-ethyl adjacent to an activating group) is 1. The summed E-state index contributed by atoms with van der Waals surface area (Å²) >= 11 is 0. The minimum atomic E-state index is -1.19. The Balaban J connectivity index is 1.32. The van der Waals surface area contributed by atoms with Gasteiger partial charge in [0, 0.05) is 74.8 Å². The number of aryl methyl sites for hydroxylation is 1. The maximum atomic E-state index is 14.7. The van der Waals surface area contributed by atoms with Gasteiger partial charge in [-0.3, -0.25) is 34.0 Å². The van der Waals surface area contributed by atoms with Gasteiger partial charge in [-0.1, -0.05) is 46.4 Å². The number of nitrogens with one attached hydrogen (secondary N) is 2. The first-order valence-electron chi connectivity index (χ1n) is 23.1. The molecule has 3 N–H and O–H groups in total. The quantitative estimate of drug-likeness (QED) is 0.138. The number of phenols is 1. The van der Waals surface area contributed by atoms with Crippen molar-refractivity contribution < 1.29 is 38.6 Å². The van der Waals surface area contributed by atoms with E-state index in [1.807, 2.05) is 52.0 Å². The predicted octanol–water partition coefficient (Wildman–Crippen LogP) is 5.28. The van der Waals surface area contributed by atoms with Crippen molar-refractivity contribution in [2.24, 2.45) is 17.3 Å². The third-order valence-corrected chi connectivity index (χ3v) is 13.2. The lowest BCUT2D eigenvalue weighted by Gasteiger charge is -2.37. The van der Waals surface area contributed by atoms with E-state index in [4.69, 9.17) is 9.47 Å². The number of carbonyl (C=O) groups is 5. The van der Waals surface area contributed by atoms with Crippen molar-refractivity contribution in [2.75, 3.05) is 40.4 Å². The van der Waals surface area contributed by atoms with E-state index < -0.39 is 47.2 Å². The van der Waals surface area contributed by atoms with Crippen LogP contribution in [0.4, 0.5) is 0 Å². The van der Waals surface area contributed by atoms with Gasteiger partial charge < -0.3 is 34.3 Å². The fourth-order valence-electron chi connectivity index (χ4n) is 9.92. The van der Waals surface area contributed by atoms with E-state index in [9.17, 15) is 34.3 Å². The molecule has 0 unspecified atom stereocenters. The SMILES string of the molecule is C=CC(=O)N1CC[C@H](C(=O)N(C)[C@H](C(=O)N[C@H]2Cc3cc(O)cc(c3)-c3ccc4c(c3)c(c(-c3cc(C#N)cnc3COC)n4CC)CC(C)(C)COC(=O)[C@@H]3CCCN(N3)C2=O)C(C)C)C1. The number of ether oxygens (including phenoxy) is 2. The van der Waals surface area contributed by atoms with E-state index in [-0.39, 0.29) is 56.2 Å². The van der Waals surface area contributed by atoms with Gasteiger partial charge in [0.15, 0.2) is 0 Å². The molecule has 7 rings (SSSR count). The van der Waals surface area contributed by atoms with Crippen LogP contribution in [-0.2, 0) is 59.4 Å². The number of methoxy groups -OCH3 is 1. The largest absolute Gasteiger partial charge is 0.508 e. The van der Waals surface area contributed by atoms with E-state index >= 15 is 0 Å². The van der Waals surface area contributed by atoms with E-state index in [2.05, 4.69) is 45.9 Å². The average molecular weight is 915 g/mol. The molecule has 67 heavy (non-hydrogen) atoms. The Morgan fingerprint density at radius 3 is 2.61 bits per heavy atom. The number of amides is 4. The third kappa shape index (κ3) is 10.2. The molecule has 0 saturated carbocycles. The maximum Gasteiger partial charge on any atom is 0.324 e. The molecule has 0 aliphatic carbocycles. The fourth-order valence-corrected chi connectivity index (χ4v) is 9.92. The minimum absolute atomic E-state index is 0.0362. The zero-order valence-corrected chi connectivity index (χ0v) is 39.6. The standard InChI is InChI=1S/C51H62N8O8/c1-9-44(61)57-17-15-34(27-57)48(63)56(7)45(30(3)4)47(62)54-41-21-31-18-35(22-36(60)19-31)33-13-14-43-37(23-33)39(46(58(43)10-2)38-20-32(25-52)26-53-42(38)28-66-8)24-51(5,6)29-67-50(65)40-12-11-16-59(55-40)49(41)64/h9,13-14,18-20,22-23,26,30,34,40-41,45,55,60H,1,10-12,15-17,21,24,27-29H2,2-8H3,(H,54,62)/t34-,40-,41-,45-/m0/s1. The molecule has 2 fully saturated rings. The Kier molecular flexibility index (Phi) is 14.5. The monoisotopic (exact) mass is 914 g/mol. The highest BCUT2D eigenvalue weighted by atomic mass is 16.5. The number of cyclic esters (lactones) is 1. The number of hydrazine groups is 1. The molecule has 5 heterocycles. The lowest BCUT2D eigenvalue weighted by molar-refractivity contribution is -0.155. The molecule has 6 bridgehead atoms. The van der Waals surface area contributed by atoms with Gasteiger partial charge in [0.05, 0.1) is 36.1 Å². The summed E-state index contributed by atoms with van der Waals surface area (Å²) < 4.78 is 13.9. The number of pyridine rings is 1. The van der Waals surface area contributed by atoms with E-state index in [1.165, 1.54) is 16.0 Å². The van der Waals surface area contributed by atoms with Crippen LogP contribution in [0.25, 0.3) is 33.3 Å². The van der Waals surface area contributed by atoms with Crippen LogP contribution in [0.3, 0.4) is 0 Å². The van der Waals surface area contributed by atoms with Crippen LogP contribution in [0.1, 0.15) is 76.3 Å². The highest BCUT2D eigenvalue weighted by molar-refractivity contribution is 5.96. The minimum Gasteiger partial charge on any atom is -0.508 e. The first-order chi connectivity index (χ1) is 32.0. The van der Waals surface area contributed by atoms with E-state index in [0.29, 0.717) is 61.2 Å². The molecule has 4 aromatic rings.